The van der Waals surface area contributed by atoms with Gasteiger partial charge in [0.15, 0.2) is 0 Å². The molecule has 3 heterocycles. The van der Waals surface area contributed by atoms with E-state index in [1.165, 1.54) is 11.8 Å². The summed E-state index contributed by atoms with van der Waals surface area (Å²) >= 11 is 13.5. The largest absolute Gasteiger partial charge is 0.393 e. The van der Waals surface area contributed by atoms with Gasteiger partial charge in [0.25, 0.3) is 0 Å². The SMILES string of the molecule is N[C@@H]1C[C@H](O)CC12CCN(c1cnc(Sc3ccnc(Cl)c3Cl)cn1)CC2. The zero-order valence-electron chi connectivity index (χ0n) is 14.7. The van der Waals surface area contributed by atoms with Gasteiger partial charge < -0.3 is 15.7 Å². The molecule has 0 aromatic carbocycles. The van der Waals surface area contributed by atoms with Crippen LogP contribution in [0.3, 0.4) is 0 Å². The molecule has 1 saturated carbocycles. The predicted octanol–water partition coefficient (Wildman–Crippen LogP) is 3.40. The summed E-state index contributed by atoms with van der Waals surface area (Å²) in [7, 11) is 0. The number of hydrogen-bond donors (Lipinski definition) is 2. The van der Waals surface area contributed by atoms with Crippen LogP contribution >= 0.6 is 35.0 Å². The molecule has 27 heavy (non-hydrogen) atoms. The maximum Gasteiger partial charge on any atom is 0.148 e. The number of piperidine rings is 1. The van der Waals surface area contributed by atoms with E-state index in [-0.39, 0.29) is 22.7 Å². The molecular formula is C18H21Cl2N5OS. The molecule has 9 heteroatoms. The fraction of sp³-hybridized carbons (Fsp3) is 0.500. The van der Waals surface area contributed by atoms with E-state index in [1.807, 2.05) is 0 Å². The standard InChI is InChI=1S/C18H21Cl2N5OS/c19-16-12(1-4-22-17(16)20)27-15-10-23-14(9-24-15)25-5-2-18(3-6-25)8-11(26)7-13(18)21/h1,4,9-11,13,26H,2-3,5-8,21H2/t11-,13+/m0/s1. The third-order valence-corrected chi connectivity index (χ3v) is 7.54. The van der Waals surface area contributed by atoms with E-state index in [4.69, 9.17) is 28.9 Å². The molecular weight excluding hydrogens is 405 g/mol. The minimum Gasteiger partial charge on any atom is -0.393 e. The molecule has 2 aliphatic rings. The van der Waals surface area contributed by atoms with Gasteiger partial charge in [0.2, 0.25) is 0 Å². The number of halogens is 2. The Kier molecular flexibility index (Phi) is 5.49. The zero-order chi connectivity index (χ0) is 19.0. The monoisotopic (exact) mass is 425 g/mol. The van der Waals surface area contributed by atoms with Crippen molar-refractivity contribution in [3.05, 3.63) is 34.8 Å². The summed E-state index contributed by atoms with van der Waals surface area (Å²) in [6, 6.07) is 1.90. The van der Waals surface area contributed by atoms with Gasteiger partial charge >= 0.3 is 0 Å². The van der Waals surface area contributed by atoms with Crippen LogP contribution in [0.1, 0.15) is 25.7 Å². The van der Waals surface area contributed by atoms with Crippen molar-refractivity contribution in [2.45, 2.75) is 47.8 Å². The maximum absolute atomic E-state index is 9.95. The normalized spacial score (nSPS) is 24.5. The first-order valence-corrected chi connectivity index (χ1v) is 10.5. The van der Waals surface area contributed by atoms with Crippen LogP contribution in [0.4, 0.5) is 5.82 Å². The summed E-state index contributed by atoms with van der Waals surface area (Å²) < 4.78 is 0. The van der Waals surface area contributed by atoms with Crippen LogP contribution in [-0.4, -0.2) is 45.3 Å². The fourth-order valence-corrected chi connectivity index (χ4v) is 5.31. The lowest BCUT2D eigenvalue weighted by Gasteiger charge is -2.42. The summed E-state index contributed by atoms with van der Waals surface area (Å²) in [5.41, 5.74) is 6.38. The Balaban J connectivity index is 1.41. The van der Waals surface area contributed by atoms with Gasteiger partial charge in [0.05, 0.1) is 23.5 Å². The Morgan fingerprint density at radius 1 is 1.19 bits per heavy atom. The highest BCUT2D eigenvalue weighted by atomic mass is 35.5. The van der Waals surface area contributed by atoms with Gasteiger partial charge in [-0.15, -0.1) is 0 Å². The molecule has 0 radical (unpaired) electrons. The Morgan fingerprint density at radius 3 is 2.59 bits per heavy atom. The molecule has 0 amide bonds. The number of rotatable bonds is 3. The first-order valence-electron chi connectivity index (χ1n) is 8.95. The Labute approximate surface area is 172 Å². The molecule has 1 aliphatic heterocycles. The molecule has 144 valence electrons. The zero-order valence-corrected chi connectivity index (χ0v) is 17.0. The summed E-state index contributed by atoms with van der Waals surface area (Å²) in [5.74, 6) is 0.861. The van der Waals surface area contributed by atoms with E-state index in [0.29, 0.717) is 11.4 Å². The second kappa shape index (κ2) is 7.72. The minimum atomic E-state index is -0.254. The quantitative estimate of drug-likeness (QED) is 0.728. The summed E-state index contributed by atoms with van der Waals surface area (Å²) in [5, 5.41) is 11.4. The van der Waals surface area contributed by atoms with Crippen LogP contribution in [0.15, 0.2) is 34.6 Å². The third kappa shape index (κ3) is 3.89. The first kappa shape index (κ1) is 19.2. The van der Waals surface area contributed by atoms with Gasteiger partial charge in [-0.25, -0.2) is 15.0 Å². The Hall–Kier alpha value is -1.12. The number of aromatic nitrogens is 3. The molecule has 0 bridgehead atoms. The van der Waals surface area contributed by atoms with Crippen LogP contribution in [0, 0.1) is 5.41 Å². The summed E-state index contributed by atoms with van der Waals surface area (Å²) in [4.78, 5) is 16.1. The molecule has 1 spiro atoms. The van der Waals surface area contributed by atoms with Gasteiger partial charge in [0, 0.05) is 30.2 Å². The van der Waals surface area contributed by atoms with E-state index >= 15 is 0 Å². The van der Waals surface area contributed by atoms with Crippen LogP contribution in [0.25, 0.3) is 0 Å². The van der Waals surface area contributed by atoms with Crippen LogP contribution in [-0.2, 0) is 0 Å². The highest BCUT2D eigenvalue weighted by molar-refractivity contribution is 7.99. The van der Waals surface area contributed by atoms with Crippen molar-refractivity contribution in [1.82, 2.24) is 15.0 Å². The van der Waals surface area contributed by atoms with Crippen molar-refractivity contribution in [1.29, 1.82) is 0 Å². The molecule has 2 atom stereocenters. The van der Waals surface area contributed by atoms with Crippen molar-refractivity contribution in [3.63, 3.8) is 0 Å². The lowest BCUT2D eigenvalue weighted by atomic mass is 9.74. The average Bonchev–Trinajstić information content (AvgIpc) is 2.93. The molecule has 0 unspecified atom stereocenters. The number of hydrogen-bond acceptors (Lipinski definition) is 7. The van der Waals surface area contributed by atoms with Gasteiger partial charge in [-0.05, 0) is 37.2 Å². The van der Waals surface area contributed by atoms with Crippen LogP contribution in [0.2, 0.25) is 10.2 Å². The van der Waals surface area contributed by atoms with Crippen molar-refractivity contribution in [2.24, 2.45) is 11.1 Å². The number of aliphatic hydroxyl groups is 1. The number of nitrogens with zero attached hydrogens (tertiary/aromatic N) is 4. The molecule has 2 aromatic heterocycles. The molecule has 1 aliphatic carbocycles. The van der Waals surface area contributed by atoms with E-state index < -0.39 is 0 Å². The molecule has 4 rings (SSSR count). The number of anilines is 1. The van der Waals surface area contributed by atoms with Crippen molar-refractivity contribution in [2.75, 3.05) is 18.0 Å². The highest BCUT2D eigenvalue weighted by Gasteiger charge is 2.46. The topological polar surface area (TPSA) is 88.2 Å². The van der Waals surface area contributed by atoms with E-state index in [0.717, 1.165) is 48.1 Å². The minimum absolute atomic E-state index is 0.0799. The summed E-state index contributed by atoms with van der Waals surface area (Å²) in [6.07, 6.45) is 8.40. The van der Waals surface area contributed by atoms with Gasteiger partial charge in [-0.1, -0.05) is 35.0 Å². The van der Waals surface area contributed by atoms with E-state index in [2.05, 4.69) is 19.9 Å². The van der Waals surface area contributed by atoms with Gasteiger partial charge in [-0.3, -0.25) is 0 Å². The maximum atomic E-state index is 9.95. The lowest BCUT2D eigenvalue weighted by Crippen LogP contribution is -2.47. The highest BCUT2D eigenvalue weighted by Crippen LogP contribution is 2.46. The Bertz CT molecular complexity index is 814. The smallest absolute Gasteiger partial charge is 0.148 e. The molecule has 2 aromatic rings. The van der Waals surface area contributed by atoms with Crippen molar-refractivity contribution in [3.8, 4) is 0 Å². The molecule has 2 fully saturated rings. The second-order valence-electron chi connectivity index (χ2n) is 7.28. The first-order chi connectivity index (χ1) is 13.0. The van der Waals surface area contributed by atoms with Crippen molar-refractivity contribution >= 4 is 40.8 Å². The predicted molar refractivity (Wildman–Crippen MR) is 108 cm³/mol. The lowest BCUT2D eigenvalue weighted by molar-refractivity contribution is 0.141. The molecule has 1 saturated heterocycles. The number of aliphatic hydroxyl groups excluding tert-OH is 1. The average molecular weight is 426 g/mol. The number of pyridine rings is 1. The van der Waals surface area contributed by atoms with Crippen molar-refractivity contribution < 1.29 is 5.11 Å². The van der Waals surface area contributed by atoms with E-state index in [9.17, 15) is 5.11 Å². The Morgan fingerprint density at radius 2 is 1.96 bits per heavy atom. The van der Waals surface area contributed by atoms with Gasteiger partial charge in [-0.2, -0.15) is 0 Å². The van der Waals surface area contributed by atoms with Gasteiger partial charge in [0.1, 0.15) is 16.0 Å². The fourth-order valence-electron chi connectivity index (χ4n) is 4.12. The molecule has 6 nitrogen and oxygen atoms in total. The third-order valence-electron chi connectivity index (χ3n) is 5.68. The summed E-state index contributed by atoms with van der Waals surface area (Å²) in [6.45, 7) is 1.76. The molecule has 3 N–H and O–H groups in total. The van der Waals surface area contributed by atoms with Crippen LogP contribution in [0.5, 0.6) is 0 Å². The van der Waals surface area contributed by atoms with Crippen LogP contribution < -0.4 is 10.6 Å². The number of nitrogens with two attached hydrogens (primary N) is 1. The second-order valence-corrected chi connectivity index (χ2v) is 9.08. The van der Waals surface area contributed by atoms with E-state index in [1.54, 1.807) is 24.7 Å².